The van der Waals surface area contributed by atoms with Crippen molar-refractivity contribution in [3.8, 4) is 6.01 Å². The molecule has 1 unspecified atom stereocenters. The molecule has 1 N–H and O–H groups in total. The summed E-state index contributed by atoms with van der Waals surface area (Å²) in [5.74, 6) is 0.552. The standard InChI is InChI=1S/C11H16ClN3O/c1-8-5-10(12)15-11(14-8)16-7-9-3-2-4-13-6-9/h5,9,13H,2-4,6-7H2,1H3. The molecule has 0 saturated carbocycles. The van der Waals surface area contributed by atoms with E-state index in [9.17, 15) is 0 Å². The molecule has 1 aromatic heterocycles. The first-order chi connectivity index (χ1) is 7.74. The Kier molecular flexibility index (Phi) is 3.96. The predicted molar refractivity (Wildman–Crippen MR) is 62.9 cm³/mol. The van der Waals surface area contributed by atoms with E-state index < -0.39 is 0 Å². The Balaban J connectivity index is 1.88. The lowest BCUT2D eigenvalue weighted by Crippen LogP contribution is -2.33. The monoisotopic (exact) mass is 241 g/mol. The Morgan fingerprint density at radius 1 is 1.56 bits per heavy atom. The number of hydrogen-bond acceptors (Lipinski definition) is 4. The Bertz CT molecular complexity index is 333. The Morgan fingerprint density at radius 3 is 3.12 bits per heavy atom. The SMILES string of the molecule is Cc1cc(Cl)nc(OCC2CCCNC2)n1. The second-order valence-electron chi connectivity index (χ2n) is 4.14. The Morgan fingerprint density at radius 2 is 2.44 bits per heavy atom. The van der Waals surface area contributed by atoms with Gasteiger partial charge in [-0.15, -0.1) is 0 Å². The van der Waals surface area contributed by atoms with E-state index in [1.165, 1.54) is 12.8 Å². The first kappa shape index (κ1) is 11.6. The summed E-state index contributed by atoms with van der Waals surface area (Å²) >= 11 is 5.83. The number of aryl methyl sites for hydroxylation is 1. The predicted octanol–water partition coefficient (Wildman–Crippen LogP) is 1.82. The van der Waals surface area contributed by atoms with Crippen molar-refractivity contribution in [1.82, 2.24) is 15.3 Å². The number of aromatic nitrogens is 2. The molecule has 1 atom stereocenters. The average molecular weight is 242 g/mol. The van der Waals surface area contributed by atoms with Gasteiger partial charge in [-0.2, -0.15) is 4.98 Å². The number of nitrogens with zero attached hydrogens (tertiary/aromatic N) is 2. The van der Waals surface area contributed by atoms with Crippen LogP contribution in [0.15, 0.2) is 6.07 Å². The van der Waals surface area contributed by atoms with Gasteiger partial charge in [0.15, 0.2) is 0 Å². The van der Waals surface area contributed by atoms with E-state index in [4.69, 9.17) is 16.3 Å². The lowest BCUT2D eigenvalue weighted by atomic mass is 10.0. The third-order valence-corrected chi connectivity index (χ3v) is 2.84. The van der Waals surface area contributed by atoms with Crippen molar-refractivity contribution >= 4 is 11.6 Å². The summed E-state index contributed by atoms with van der Waals surface area (Å²) in [6.07, 6.45) is 2.41. The van der Waals surface area contributed by atoms with E-state index in [-0.39, 0.29) is 0 Å². The maximum Gasteiger partial charge on any atom is 0.318 e. The van der Waals surface area contributed by atoms with E-state index in [1.54, 1.807) is 6.07 Å². The lowest BCUT2D eigenvalue weighted by Gasteiger charge is -2.22. The van der Waals surface area contributed by atoms with Crippen LogP contribution in [-0.4, -0.2) is 29.7 Å². The summed E-state index contributed by atoms with van der Waals surface area (Å²) < 4.78 is 5.56. The molecule has 5 heteroatoms. The van der Waals surface area contributed by atoms with Crippen LogP contribution in [0.2, 0.25) is 5.15 Å². The van der Waals surface area contributed by atoms with Gasteiger partial charge >= 0.3 is 6.01 Å². The topological polar surface area (TPSA) is 47.0 Å². The largest absolute Gasteiger partial charge is 0.463 e. The average Bonchev–Trinajstić information content (AvgIpc) is 2.27. The molecule has 0 radical (unpaired) electrons. The third-order valence-electron chi connectivity index (χ3n) is 2.65. The van der Waals surface area contributed by atoms with Gasteiger partial charge in [0.05, 0.1) is 6.61 Å². The molecule has 0 aromatic carbocycles. The first-order valence-electron chi connectivity index (χ1n) is 5.59. The number of ether oxygens (including phenoxy) is 1. The van der Waals surface area contributed by atoms with Gasteiger partial charge in [-0.1, -0.05) is 11.6 Å². The maximum atomic E-state index is 5.83. The second kappa shape index (κ2) is 5.46. The second-order valence-corrected chi connectivity index (χ2v) is 4.53. The van der Waals surface area contributed by atoms with Crippen molar-refractivity contribution in [3.63, 3.8) is 0 Å². The van der Waals surface area contributed by atoms with Crippen molar-refractivity contribution in [2.24, 2.45) is 5.92 Å². The minimum absolute atomic E-state index is 0.385. The van der Waals surface area contributed by atoms with Gasteiger partial charge in [-0.3, -0.25) is 0 Å². The molecule has 1 aliphatic heterocycles. The Hall–Kier alpha value is -0.870. The summed E-state index contributed by atoms with van der Waals surface area (Å²) in [5.41, 5.74) is 0.830. The minimum atomic E-state index is 0.385. The number of halogens is 1. The Labute approximate surface area is 100 Å². The van der Waals surface area contributed by atoms with Gasteiger partial charge in [0.2, 0.25) is 0 Å². The van der Waals surface area contributed by atoms with E-state index in [2.05, 4.69) is 15.3 Å². The number of nitrogens with one attached hydrogen (secondary N) is 1. The van der Waals surface area contributed by atoms with Crippen LogP contribution in [-0.2, 0) is 0 Å². The van der Waals surface area contributed by atoms with Crippen LogP contribution in [0.5, 0.6) is 6.01 Å². The zero-order valence-corrected chi connectivity index (χ0v) is 10.1. The molecule has 0 aliphatic carbocycles. The molecule has 1 aromatic rings. The van der Waals surface area contributed by atoms with Crippen LogP contribution in [0, 0.1) is 12.8 Å². The zero-order valence-electron chi connectivity index (χ0n) is 9.37. The molecule has 2 rings (SSSR count). The summed E-state index contributed by atoms with van der Waals surface area (Å²) in [6, 6.07) is 2.10. The molecule has 0 amide bonds. The molecule has 88 valence electrons. The quantitative estimate of drug-likeness (QED) is 0.820. The first-order valence-corrected chi connectivity index (χ1v) is 5.96. The molecule has 16 heavy (non-hydrogen) atoms. The zero-order chi connectivity index (χ0) is 11.4. The van der Waals surface area contributed by atoms with Crippen LogP contribution in [0.1, 0.15) is 18.5 Å². The lowest BCUT2D eigenvalue weighted by molar-refractivity contribution is 0.205. The van der Waals surface area contributed by atoms with Gasteiger partial charge in [-0.25, -0.2) is 4.98 Å². The molecular weight excluding hydrogens is 226 g/mol. The molecule has 2 heterocycles. The highest BCUT2D eigenvalue weighted by molar-refractivity contribution is 6.29. The fourth-order valence-electron chi connectivity index (χ4n) is 1.83. The summed E-state index contributed by atoms with van der Waals surface area (Å²) in [7, 11) is 0. The van der Waals surface area contributed by atoms with Crippen LogP contribution >= 0.6 is 11.6 Å². The molecule has 4 nitrogen and oxygen atoms in total. The van der Waals surface area contributed by atoms with Gasteiger partial charge < -0.3 is 10.1 Å². The van der Waals surface area contributed by atoms with Crippen molar-refractivity contribution in [3.05, 3.63) is 16.9 Å². The van der Waals surface area contributed by atoms with Gasteiger partial charge in [0.1, 0.15) is 5.15 Å². The van der Waals surface area contributed by atoms with Crippen LogP contribution in [0.4, 0.5) is 0 Å². The smallest absolute Gasteiger partial charge is 0.318 e. The molecule has 1 aliphatic rings. The van der Waals surface area contributed by atoms with E-state index in [0.29, 0.717) is 23.7 Å². The normalized spacial score (nSPS) is 20.8. The van der Waals surface area contributed by atoms with E-state index >= 15 is 0 Å². The highest BCUT2D eigenvalue weighted by Crippen LogP contribution is 2.14. The molecule has 1 fully saturated rings. The molecule has 0 bridgehead atoms. The van der Waals surface area contributed by atoms with Crippen molar-refractivity contribution in [1.29, 1.82) is 0 Å². The summed E-state index contributed by atoms with van der Waals surface area (Å²) in [4.78, 5) is 8.21. The number of rotatable bonds is 3. The van der Waals surface area contributed by atoms with Crippen molar-refractivity contribution < 1.29 is 4.74 Å². The van der Waals surface area contributed by atoms with Gasteiger partial charge in [0, 0.05) is 18.2 Å². The fraction of sp³-hybridized carbons (Fsp3) is 0.636. The van der Waals surface area contributed by atoms with Crippen LogP contribution in [0.3, 0.4) is 0 Å². The van der Waals surface area contributed by atoms with Crippen molar-refractivity contribution in [2.75, 3.05) is 19.7 Å². The minimum Gasteiger partial charge on any atom is -0.463 e. The van der Waals surface area contributed by atoms with Crippen LogP contribution < -0.4 is 10.1 Å². The molecule has 1 saturated heterocycles. The third kappa shape index (κ3) is 3.32. The van der Waals surface area contributed by atoms with E-state index in [0.717, 1.165) is 18.8 Å². The number of hydrogen-bond donors (Lipinski definition) is 1. The molecule has 0 spiro atoms. The fourth-order valence-corrected chi connectivity index (χ4v) is 2.06. The maximum absolute atomic E-state index is 5.83. The summed E-state index contributed by atoms with van der Waals surface area (Å²) in [6.45, 7) is 4.66. The highest BCUT2D eigenvalue weighted by Gasteiger charge is 2.14. The highest BCUT2D eigenvalue weighted by atomic mass is 35.5. The van der Waals surface area contributed by atoms with Crippen LogP contribution in [0.25, 0.3) is 0 Å². The van der Waals surface area contributed by atoms with Gasteiger partial charge in [-0.05, 0) is 32.4 Å². The number of piperidine rings is 1. The van der Waals surface area contributed by atoms with Gasteiger partial charge in [0.25, 0.3) is 0 Å². The summed E-state index contributed by atoms with van der Waals surface area (Å²) in [5, 5.41) is 3.78. The van der Waals surface area contributed by atoms with E-state index in [1.807, 2.05) is 6.92 Å². The molecular formula is C11H16ClN3O. The van der Waals surface area contributed by atoms with Crippen molar-refractivity contribution in [2.45, 2.75) is 19.8 Å².